The van der Waals surface area contributed by atoms with Gasteiger partial charge in [0.2, 0.25) is 5.43 Å². The van der Waals surface area contributed by atoms with E-state index < -0.39 is 34.5 Å². The zero-order valence-corrected chi connectivity index (χ0v) is 17.1. The van der Waals surface area contributed by atoms with Crippen molar-refractivity contribution in [1.29, 1.82) is 0 Å². The molecular weight excluding hydrogens is 416 g/mol. The van der Waals surface area contributed by atoms with E-state index in [1.54, 1.807) is 13.8 Å². The van der Waals surface area contributed by atoms with Gasteiger partial charge in [0.1, 0.15) is 17.2 Å². The molecule has 1 aromatic heterocycles. The minimum Gasteiger partial charge on any atom is -0.477 e. The number of hydrogen-bond acceptors (Lipinski definition) is 3. The van der Waals surface area contributed by atoms with Crippen LogP contribution in [-0.4, -0.2) is 27.8 Å². The van der Waals surface area contributed by atoms with Crippen molar-refractivity contribution in [3.05, 3.63) is 79.6 Å². The smallest absolute Gasteiger partial charge is 0.341 e. The number of aliphatic hydroxyl groups excluding tert-OH is 1. The number of aromatic amines is 1. The Balaban J connectivity index is 2.35. The lowest BCUT2D eigenvalue weighted by atomic mass is 9.85. The molecule has 3 N–H and O–H groups in total. The fourth-order valence-electron chi connectivity index (χ4n) is 3.59. The van der Waals surface area contributed by atoms with Gasteiger partial charge in [0.05, 0.1) is 17.1 Å². The van der Waals surface area contributed by atoms with Crippen LogP contribution >= 0.6 is 11.6 Å². The van der Waals surface area contributed by atoms with Gasteiger partial charge in [-0.1, -0.05) is 37.6 Å². The van der Waals surface area contributed by atoms with Crippen molar-refractivity contribution in [2.45, 2.75) is 26.2 Å². The number of aromatic nitrogens is 1. The third-order valence-electron chi connectivity index (χ3n) is 5.24. The first-order valence-corrected chi connectivity index (χ1v) is 9.68. The summed E-state index contributed by atoms with van der Waals surface area (Å²) in [5.74, 6) is -3.66. The van der Waals surface area contributed by atoms with Crippen LogP contribution in [0.2, 0.25) is 5.02 Å². The van der Waals surface area contributed by atoms with E-state index in [1.807, 2.05) is 0 Å². The molecule has 0 amide bonds. The van der Waals surface area contributed by atoms with Gasteiger partial charge in [0.25, 0.3) is 0 Å². The van der Waals surface area contributed by atoms with Gasteiger partial charge in [-0.25, -0.2) is 13.6 Å². The fourth-order valence-corrected chi connectivity index (χ4v) is 3.78. The molecule has 2 aromatic carbocycles. The van der Waals surface area contributed by atoms with Gasteiger partial charge in [-0.2, -0.15) is 0 Å². The molecule has 8 heteroatoms. The number of aromatic carboxylic acids is 1. The average molecular weight is 436 g/mol. The second-order valence-electron chi connectivity index (χ2n) is 7.45. The quantitative estimate of drug-likeness (QED) is 0.532. The Labute approximate surface area is 175 Å². The zero-order chi connectivity index (χ0) is 22.2. The summed E-state index contributed by atoms with van der Waals surface area (Å²) < 4.78 is 30.0. The summed E-state index contributed by atoms with van der Waals surface area (Å²) in [5.41, 5.74) is -0.966. The first-order valence-electron chi connectivity index (χ1n) is 9.31. The SMILES string of the molecule is CC(C)[C@H](CO)c1c(F)c(Cc2cccc(Cl)c2F)cc2c(=O)c(C(=O)O)c[nH]c12. The second-order valence-corrected chi connectivity index (χ2v) is 7.85. The number of aliphatic hydroxyl groups is 1. The Morgan fingerprint density at radius 1 is 1.20 bits per heavy atom. The van der Waals surface area contributed by atoms with Crippen molar-refractivity contribution in [1.82, 2.24) is 4.98 Å². The highest BCUT2D eigenvalue weighted by molar-refractivity contribution is 6.30. The lowest BCUT2D eigenvalue weighted by Crippen LogP contribution is -2.20. The molecule has 1 heterocycles. The molecule has 158 valence electrons. The molecule has 3 rings (SSSR count). The van der Waals surface area contributed by atoms with E-state index in [0.717, 1.165) is 6.20 Å². The molecule has 0 aliphatic carbocycles. The number of nitrogens with one attached hydrogen (secondary N) is 1. The van der Waals surface area contributed by atoms with Crippen LogP contribution in [-0.2, 0) is 6.42 Å². The van der Waals surface area contributed by atoms with Gasteiger partial charge in [-0.3, -0.25) is 4.79 Å². The minimum atomic E-state index is -1.42. The first kappa shape index (κ1) is 21.9. The average Bonchev–Trinajstić information content (AvgIpc) is 2.68. The summed E-state index contributed by atoms with van der Waals surface area (Å²) in [5, 5.41) is 19.0. The maximum Gasteiger partial charge on any atom is 0.341 e. The van der Waals surface area contributed by atoms with E-state index in [2.05, 4.69) is 4.98 Å². The van der Waals surface area contributed by atoms with Crippen molar-refractivity contribution in [3.63, 3.8) is 0 Å². The van der Waals surface area contributed by atoms with Crippen LogP contribution in [0, 0.1) is 17.6 Å². The Kier molecular flexibility index (Phi) is 6.24. The van der Waals surface area contributed by atoms with Gasteiger partial charge in [-0.05, 0) is 29.2 Å². The van der Waals surface area contributed by atoms with Crippen LogP contribution in [0.1, 0.15) is 46.8 Å². The lowest BCUT2D eigenvalue weighted by Gasteiger charge is -2.23. The number of H-pyrrole nitrogens is 1. The number of benzene rings is 2. The summed E-state index contributed by atoms with van der Waals surface area (Å²) in [7, 11) is 0. The van der Waals surface area contributed by atoms with Crippen LogP contribution in [0.3, 0.4) is 0 Å². The van der Waals surface area contributed by atoms with Gasteiger partial charge in [0, 0.05) is 29.5 Å². The van der Waals surface area contributed by atoms with Crippen molar-refractivity contribution in [2.24, 2.45) is 5.92 Å². The summed E-state index contributed by atoms with van der Waals surface area (Å²) in [4.78, 5) is 26.8. The molecule has 0 aliphatic heterocycles. The normalized spacial score (nSPS) is 12.5. The molecule has 5 nitrogen and oxygen atoms in total. The standard InChI is InChI=1S/C22H20ClF2NO4/c1-10(2)15(9-27)17-19(25)12(6-11-4-3-5-16(23)18(11)24)7-13-20(17)26-8-14(21(13)28)22(29)30/h3-5,7-8,10,15,27H,6,9H2,1-2H3,(H,26,28)(H,29,30)/t15-/m0/s1. The van der Waals surface area contributed by atoms with Gasteiger partial charge in [0.15, 0.2) is 0 Å². The Bertz CT molecular complexity index is 1190. The number of carboxylic acids is 1. The number of carboxylic acid groups (broad SMARTS) is 1. The summed E-state index contributed by atoms with van der Waals surface area (Å²) >= 11 is 5.82. The monoisotopic (exact) mass is 435 g/mol. The second kappa shape index (κ2) is 8.53. The van der Waals surface area contributed by atoms with Crippen molar-refractivity contribution < 1.29 is 23.8 Å². The van der Waals surface area contributed by atoms with Crippen LogP contribution in [0.4, 0.5) is 8.78 Å². The maximum absolute atomic E-state index is 15.6. The van der Waals surface area contributed by atoms with E-state index in [1.165, 1.54) is 24.3 Å². The van der Waals surface area contributed by atoms with E-state index in [-0.39, 0.29) is 51.6 Å². The molecule has 0 spiro atoms. The largest absolute Gasteiger partial charge is 0.477 e. The maximum atomic E-state index is 15.6. The highest BCUT2D eigenvalue weighted by Crippen LogP contribution is 2.34. The van der Waals surface area contributed by atoms with Crippen LogP contribution in [0.5, 0.6) is 0 Å². The molecule has 0 aliphatic rings. The number of halogens is 3. The van der Waals surface area contributed by atoms with Crippen LogP contribution in [0.15, 0.2) is 35.3 Å². The molecular formula is C22H20ClF2NO4. The highest BCUT2D eigenvalue weighted by Gasteiger charge is 2.26. The first-order chi connectivity index (χ1) is 14.2. The van der Waals surface area contributed by atoms with E-state index in [9.17, 15) is 24.2 Å². The molecule has 0 saturated heterocycles. The van der Waals surface area contributed by atoms with Crippen LogP contribution < -0.4 is 5.43 Å². The third-order valence-corrected chi connectivity index (χ3v) is 5.53. The van der Waals surface area contributed by atoms with Gasteiger partial charge < -0.3 is 15.2 Å². The minimum absolute atomic E-state index is 0.00538. The summed E-state index contributed by atoms with van der Waals surface area (Å²) in [6, 6.07) is 5.58. The number of fused-ring (bicyclic) bond motifs is 1. The van der Waals surface area contributed by atoms with Crippen LogP contribution in [0.25, 0.3) is 10.9 Å². The van der Waals surface area contributed by atoms with E-state index in [4.69, 9.17) is 11.6 Å². The van der Waals surface area contributed by atoms with Crippen molar-refractivity contribution in [3.8, 4) is 0 Å². The Hall–Kier alpha value is -2.77. The van der Waals surface area contributed by atoms with E-state index in [0.29, 0.717) is 0 Å². The Morgan fingerprint density at radius 3 is 2.50 bits per heavy atom. The molecule has 3 aromatic rings. The number of hydrogen-bond donors (Lipinski definition) is 3. The van der Waals surface area contributed by atoms with E-state index >= 15 is 4.39 Å². The van der Waals surface area contributed by atoms with Gasteiger partial charge in [-0.15, -0.1) is 0 Å². The number of pyridine rings is 1. The molecule has 30 heavy (non-hydrogen) atoms. The fraction of sp³-hybridized carbons (Fsp3) is 0.273. The predicted octanol–water partition coefficient (Wildman–Crippen LogP) is 4.48. The summed E-state index contributed by atoms with van der Waals surface area (Å²) in [6.07, 6.45) is 0.815. The third kappa shape index (κ3) is 3.82. The number of rotatable bonds is 6. The topological polar surface area (TPSA) is 90.4 Å². The summed E-state index contributed by atoms with van der Waals surface area (Å²) in [6.45, 7) is 3.19. The molecule has 0 unspecified atom stereocenters. The zero-order valence-electron chi connectivity index (χ0n) is 16.3. The molecule has 1 atom stereocenters. The lowest BCUT2D eigenvalue weighted by molar-refractivity contribution is 0.0695. The molecule has 0 bridgehead atoms. The van der Waals surface area contributed by atoms with Crippen molar-refractivity contribution >= 4 is 28.5 Å². The molecule has 0 radical (unpaired) electrons. The highest BCUT2D eigenvalue weighted by atomic mass is 35.5. The number of carbonyl (C=O) groups is 1. The molecule has 0 fully saturated rings. The van der Waals surface area contributed by atoms with Gasteiger partial charge >= 0.3 is 5.97 Å². The van der Waals surface area contributed by atoms with Crippen molar-refractivity contribution in [2.75, 3.05) is 6.61 Å². The molecule has 0 saturated carbocycles. The predicted molar refractivity (Wildman–Crippen MR) is 110 cm³/mol. The Morgan fingerprint density at radius 2 is 1.90 bits per heavy atom.